The maximum atomic E-state index is 12.8. The molecule has 2 aliphatic rings. The second kappa shape index (κ2) is 8.64. The summed E-state index contributed by atoms with van der Waals surface area (Å²) >= 11 is 0. The molecule has 6 heteroatoms. The predicted octanol–water partition coefficient (Wildman–Crippen LogP) is 1.78. The Morgan fingerprint density at radius 2 is 2.09 bits per heavy atom. The lowest BCUT2D eigenvalue weighted by Crippen LogP contribution is -2.50. The van der Waals surface area contributed by atoms with Crippen molar-refractivity contribution in [1.82, 2.24) is 10.2 Å². The van der Waals surface area contributed by atoms with Crippen LogP contribution in [0.4, 0.5) is 0 Å². The summed E-state index contributed by atoms with van der Waals surface area (Å²) in [5, 5.41) is 3.35. The van der Waals surface area contributed by atoms with Crippen LogP contribution >= 0.6 is 12.4 Å². The first kappa shape index (κ1) is 18.2. The molecule has 5 nitrogen and oxygen atoms in total. The van der Waals surface area contributed by atoms with E-state index in [-0.39, 0.29) is 36.5 Å². The van der Waals surface area contributed by atoms with E-state index in [4.69, 9.17) is 9.47 Å². The van der Waals surface area contributed by atoms with Crippen molar-refractivity contribution < 1.29 is 14.3 Å². The molecule has 3 rings (SSSR count). The highest BCUT2D eigenvalue weighted by Gasteiger charge is 2.32. The third kappa shape index (κ3) is 4.67. The van der Waals surface area contributed by atoms with Crippen molar-refractivity contribution >= 4 is 18.3 Å². The predicted molar refractivity (Wildman–Crippen MR) is 90.8 cm³/mol. The molecule has 1 aromatic rings. The monoisotopic (exact) mass is 340 g/mol. The van der Waals surface area contributed by atoms with Crippen molar-refractivity contribution in [3.8, 4) is 0 Å². The van der Waals surface area contributed by atoms with Gasteiger partial charge in [0.1, 0.15) is 0 Å². The number of ether oxygens (including phenoxy) is 2. The molecule has 0 radical (unpaired) electrons. The number of nitrogens with zero attached hydrogens (tertiary/aromatic N) is 1. The third-order valence-electron chi connectivity index (χ3n) is 4.29. The summed E-state index contributed by atoms with van der Waals surface area (Å²) in [5.74, 6) is 0.173. The number of morpholine rings is 2. The number of carbonyl (C=O) groups excluding carboxylic acids is 1. The Morgan fingerprint density at radius 1 is 1.30 bits per heavy atom. The van der Waals surface area contributed by atoms with Crippen LogP contribution in [0.15, 0.2) is 30.3 Å². The molecule has 2 fully saturated rings. The smallest absolute Gasteiger partial charge is 0.224 e. The first-order chi connectivity index (χ1) is 10.7. The zero-order valence-corrected chi connectivity index (χ0v) is 14.3. The molecule has 0 aliphatic carbocycles. The lowest BCUT2D eigenvalue weighted by Gasteiger charge is -2.40. The van der Waals surface area contributed by atoms with E-state index in [1.807, 2.05) is 30.0 Å². The Kier molecular flexibility index (Phi) is 6.84. The summed E-state index contributed by atoms with van der Waals surface area (Å²) in [4.78, 5) is 14.7. The molecule has 23 heavy (non-hydrogen) atoms. The van der Waals surface area contributed by atoms with Crippen LogP contribution in [0.3, 0.4) is 0 Å². The van der Waals surface area contributed by atoms with Crippen LogP contribution in [0.1, 0.15) is 24.9 Å². The molecule has 2 heterocycles. The second-order valence-electron chi connectivity index (χ2n) is 6.05. The van der Waals surface area contributed by atoms with Gasteiger partial charge in [0.25, 0.3) is 0 Å². The van der Waals surface area contributed by atoms with Crippen LogP contribution in [-0.4, -0.2) is 55.9 Å². The van der Waals surface area contributed by atoms with E-state index in [1.54, 1.807) is 0 Å². The number of nitrogens with one attached hydrogen (secondary N) is 1. The van der Waals surface area contributed by atoms with Gasteiger partial charge in [-0.25, -0.2) is 0 Å². The van der Waals surface area contributed by atoms with Gasteiger partial charge in [-0.2, -0.15) is 0 Å². The summed E-state index contributed by atoms with van der Waals surface area (Å²) in [6.07, 6.45) is 0.565. The fourth-order valence-electron chi connectivity index (χ4n) is 3.11. The minimum absolute atomic E-state index is 0. The molecule has 1 amide bonds. The number of rotatable bonds is 3. The fraction of sp³-hybridized carbons (Fsp3) is 0.588. The number of halogens is 1. The number of amides is 1. The number of benzene rings is 1. The summed E-state index contributed by atoms with van der Waals surface area (Å²) < 4.78 is 11.2. The van der Waals surface area contributed by atoms with Crippen molar-refractivity contribution in [1.29, 1.82) is 0 Å². The summed E-state index contributed by atoms with van der Waals surface area (Å²) in [6.45, 7) is 5.38. The van der Waals surface area contributed by atoms with E-state index in [9.17, 15) is 4.79 Å². The van der Waals surface area contributed by atoms with Crippen LogP contribution in [0.2, 0.25) is 0 Å². The molecule has 0 spiro atoms. The van der Waals surface area contributed by atoms with Crippen molar-refractivity contribution in [2.24, 2.45) is 0 Å². The molecular formula is C17H25ClN2O3. The lowest BCUT2D eigenvalue weighted by molar-refractivity contribution is -0.145. The van der Waals surface area contributed by atoms with Gasteiger partial charge in [-0.15, -0.1) is 12.4 Å². The Bertz CT molecular complexity index is 494. The number of hydrogen-bond acceptors (Lipinski definition) is 4. The summed E-state index contributed by atoms with van der Waals surface area (Å²) in [6, 6.07) is 10.3. The molecule has 128 valence electrons. The third-order valence-corrected chi connectivity index (χ3v) is 4.29. The lowest BCUT2D eigenvalue weighted by atomic mass is 10.0. The molecule has 3 atom stereocenters. The Balaban J connectivity index is 0.00000192. The van der Waals surface area contributed by atoms with Gasteiger partial charge >= 0.3 is 0 Å². The van der Waals surface area contributed by atoms with Gasteiger partial charge < -0.3 is 19.7 Å². The highest BCUT2D eigenvalue weighted by molar-refractivity contribution is 5.85. The Labute approximate surface area is 143 Å². The maximum absolute atomic E-state index is 12.8. The van der Waals surface area contributed by atoms with Crippen molar-refractivity contribution in [2.45, 2.75) is 31.5 Å². The molecule has 0 aromatic heterocycles. The quantitative estimate of drug-likeness (QED) is 0.911. The zero-order valence-electron chi connectivity index (χ0n) is 13.4. The van der Waals surface area contributed by atoms with E-state index in [1.165, 1.54) is 0 Å². The first-order valence-electron chi connectivity index (χ1n) is 8.01. The maximum Gasteiger partial charge on any atom is 0.224 e. The van der Waals surface area contributed by atoms with Gasteiger partial charge in [-0.05, 0) is 12.5 Å². The van der Waals surface area contributed by atoms with Gasteiger partial charge in [0.2, 0.25) is 5.91 Å². The van der Waals surface area contributed by atoms with Crippen LogP contribution in [0.5, 0.6) is 0 Å². The minimum atomic E-state index is 0. The molecule has 1 aromatic carbocycles. The Morgan fingerprint density at radius 3 is 2.78 bits per heavy atom. The largest absolute Gasteiger partial charge is 0.378 e. The highest BCUT2D eigenvalue weighted by Crippen LogP contribution is 2.27. The average Bonchev–Trinajstić information content (AvgIpc) is 2.56. The van der Waals surface area contributed by atoms with E-state index in [0.29, 0.717) is 26.2 Å². The standard InChI is InChI=1S/C17H24N2O3.ClH/c1-13-10-19(17(20)9-15-11-21-8-7-18-15)16(12-22-13)14-5-3-2-4-6-14;/h2-6,13,15-16,18H,7-12H2,1H3;1H. The molecule has 2 aliphatic heterocycles. The second-order valence-corrected chi connectivity index (χ2v) is 6.05. The van der Waals surface area contributed by atoms with Crippen LogP contribution in [0, 0.1) is 0 Å². The molecular weight excluding hydrogens is 316 g/mol. The SMILES string of the molecule is CC1CN(C(=O)CC2COCCN2)C(c2ccccc2)CO1.Cl. The topological polar surface area (TPSA) is 50.8 Å². The van der Waals surface area contributed by atoms with Crippen molar-refractivity contribution in [3.05, 3.63) is 35.9 Å². The van der Waals surface area contributed by atoms with Gasteiger partial charge in [-0.3, -0.25) is 4.79 Å². The molecule has 1 N–H and O–H groups in total. The fourth-order valence-corrected chi connectivity index (χ4v) is 3.11. The highest BCUT2D eigenvalue weighted by atomic mass is 35.5. The van der Waals surface area contributed by atoms with Gasteiger partial charge in [0.15, 0.2) is 0 Å². The van der Waals surface area contributed by atoms with Crippen LogP contribution in [0.25, 0.3) is 0 Å². The van der Waals surface area contributed by atoms with Crippen molar-refractivity contribution in [3.63, 3.8) is 0 Å². The van der Waals surface area contributed by atoms with Crippen molar-refractivity contribution in [2.75, 3.05) is 32.9 Å². The zero-order chi connectivity index (χ0) is 15.4. The average molecular weight is 341 g/mol. The van der Waals surface area contributed by atoms with E-state index in [0.717, 1.165) is 18.7 Å². The van der Waals surface area contributed by atoms with Gasteiger partial charge in [0.05, 0.1) is 32.0 Å². The molecule has 0 saturated carbocycles. The summed E-state index contributed by atoms with van der Waals surface area (Å²) in [7, 11) is 0. The minimum Gasteiger partial charge on any atom is -0.378 e. The van der Waals surface area contributed by atoms with E-state index < -0.39 is 0 Å². The Hall–Kier alpha value is -1.14. The first-order valence-corrected chi connectivity index (χ1v) is 8.01. The van der Waals surface area contributed by atoms with Gasteiger partial charge in [0, 0.05) is 25.6 Å². The molecule has 2 saturated heterocycles. The number of carbonyl (C=O) groups is 1. The number of hydrogen-bond donors (Lipinski definition) is 1. The van der Waals surface area contributed by atoms with E-state index >= 15 is 0 Å². The van der Waals surface area contributed by atoms with E-state index in [2.05, 4.69) is 17.4 Å². The van der Waals surface area contributed by atoms with Crippen LogP contribution in [-0.2, 0) is 14.3 Å². The summed E-state index contributed by atoms with van der Waals surface area (Å²) in [5.41, 5.74) is 1.13. The van der Waals surface area contributed by atoms with Gasteiger partial charge in [-0.1, -0.05) is 30.3 Å². The van der Waals surface area contributed by atoms with Crippen LogP contribution < -0.4 is 5.32 Å². The molecule has 0 bridgehead atoms. The molecule has 3 unspecified atom stereocenters. The normalized spacial score (nSPS) is 28.0.